The Morgan fingerprint density at radius 1 is 1.00 bits per heavy atom. The lowest BCUT2D eigenvalue weighted by Gasteiger charge is -2.41. The molecule has 2 fully saturated rings. The largest absolute Gasteiger partial charge is 0.482 e. The van der Waals surface area contributed by atoms with Crippen LogP contribution >= 0.6 is 0 Å². The first-order valence-electron chi connectivity index (χ1n) is 17.9. The Morgan fingerprint density at radius 2 is 1.77 bits per heavy atom. The van der Waals surface area contributed by atoms with Crippen LogP contribution in [-0.4, -0.2) is 95.0 Å². The maximum absolute atomic E-state index is 15.1. The van der Waals surface area contributed by atoms with Crippen molar-refractivity contribution in [3.8, 4) is 28.3 Å². The van der Waals surface area contributed by atoms with Crippen LogP contribution in [0.25, 0.3) is 22.5 Å². The number of methoxy groups -OCH3 is 1. The summed E-state index contributed by atoms with van der Waals surface area (Å²) in [7, 11) is 1.64. The lowest BCUT2D eigenvalue weighted by atomic mass is 9.78. The van der Waals surface area contributed by atoms with Crippen molar-refractivity contribution in [2.75, 3.05) is 49.8 Å². The molecule has 52 heavy (non-hydrogen) atoms. The number of rotatable bonds is 10. The van der Waals surface area contributed by atoms with Gasteiger partial charge in [0, 0.05) is 50.6 Å². The molecule has 3 aromatic carbocycles. The number of hydrogen-bond donors (Lipinski definition) is 1. The van der Waals surface area contributed by atoms with Gasteiger partial charge in [-0.3, -0.25) is 9.59 Å². The number of carbonyl (C=O) groups excluding carboxylic acids is 3. The third kappa shape index (κ3) is 7.64. The predicted octanol–water partition coefficient (Wildman–Crippen LogP) is 5.83. The second-order valence-corrected chi connectivity index (χ2v) is 14.6. The number of carbonyl (C=O) groups is 3. The van der Waals surface area contributed by atoms with Crippen molar-refractivity contribution in [1.82, 2.24) is 25.5 Å². The van der Waals surface area contributed by atoms with Gasteiger partial charge in [-0.2, -0.15) is 5.21 Å². The van der Waals surface area contributed by atoms with Crippen molar-refractivity contribution >= 4 is 29.3 Å². The molecule has 2 atom stereocenters. The number of tetrazole rings is 1. The van der Waals surface area contributed by atoms with Gasteiger partial charge in [-0.15, -0.1) is 10.2 Å². The highest BCUT2D eigenvalue weighted by molar-refractivity contribution is 6.01. The monoisotopic (exact) mass is 707 g/mol. The van der Waals surface area contributed by atoms with Crippen LogP contribution in [0, 0.1) is 5.92 Å². The van der Waals surface area contributed by atoms with E-state index in [1.54, 1.807) is 16.9 Å². The van der Waals surface area contributed by atoms with E-state index in [2.05, 4.69) is 38.8 Å². The van der Waals surface area contributed by atoms with E-state index in [1.165, 1.54) is 0 Å². The Hall–Kier alpha value is -5.30. The van der Waals surface area contributed by atoms with Crippen LogP contribution in [0.5, 0.6) is 5.75 Å². The van der Waals surface area contributed by atoms with Crippen LogP contribution in [0.15, 0.2) is 66.7 Å². The molecule has 1 saturated carbocycles. The topological polar surface area (TPSA) is 143 Å². The average Bonchev–Trinajstić information content (AvgIpc) is 3.82. The number of likely N-dealkylation sites (tertiary alicyclic amines) is 1. The number of fused-ring (bicyclic) bond motifs is 1. The Balaban J connectivity index is 1.23. The van der Waals surface area contributed by atoms with Crippen LogP contribution in [0.2, 0.25) is 0 Å². The third-order valence-electron chi connectivity index (χ3n) is 9.74. The normalized spacial score (nSPS) is 18.8. The van der Waals surface area contributed by atoms with Crippen molar-refractivity contribution in [3.05, 3.63) is 72.3 Å². The van der Waals surface area contributed by atoms with Crippen LogP contribution in [0.3, 0.4) is 0 Å². The highest BCUT2D eigenvalue weighted by atomic mass is 16.6. The number of aromatic amines is 1. The molecule has 0 radical (unpaired) electrons. The summed E-state index contributed by atoms with van der Waals surface area (Å²) in [6.45, 7) is 7.18. The van der Waals surface area contributed by atoms with Gasteiger partial charge in [0.2, 0.25) is 11.7 Å². The van der Waals surface area contributed by atoms with Crippen molar-refractivity contribution in [2.24, 2.45) is 5.92 Å². The number of ether oxygens (including phenoxy) is 3. The highest BCUT2D eigenvalue weighted by Crippen LogP contribution is 2.43. The molecule has 2 aliphatic heterocycles. The first-order chi connectivity index (χ1) is 25.1. The molecule has 3 amide bonds. The number of H-pyrrole nitrogens is 1. The van der Waals surface area contributed by atoms with E-state index < -0.39 is 17.6 Å². The number of benzene rings is 3. The van der Waals surface area contributed by atoms with Crippen molar-refractivity contribution in [3.63, 3.8) is 0 Å². The fraction of sp³-hybridized carbons (Fsp3) is 0.436. The predicted molar refractivity (Wildman–Crippen MR) is 195 cm³/mol. The molecule has 3 aliphatic rings. The van der Waals surface area contributed by atoms with E-state index in [0.29, 0.717) is 55.5 Å². The molecule has 13 nitrogen and oxygen atoms in total. The van der Waals surface area contributed by atoms with E-state index >= 15 is 4.79 Å². The Kier molecular flexibility index (Phi) is 9.96. The second-order valence-electron chi connectivity index (χ2n) is 14.6. The Labute approximate surface area is 303 Å². The van der Waals surface area contributed by atoms with Gasteiger partial charge in [0.1, 0.15) is 11.4 Å². The Morgan fingerprint density at radius 3 is 2.50 bits per heavy atom. The van der Waals surface area contributed by atoms with E-state index in [0.717, 1.165) is 35.1 Å². The minimum absolute atomic E-state index is 0.0180. The first kappa shape index (κ1) is 35.1. The molecule has 0 bridgehead atoms. The molecule has 7 rings (SSSR count). The fourth-order valence-electron chi connectivity index (χ4n) is 7.15. The highest BCUT2D eigenvalue weighted by Gasteiger charge is 2.44. The molecular formula is C39H45N7O6. The van der Waals surface area contributed by atoms with E-state index in [-0.39, 0.29) is 36.9 Å². The molecule has 13 heteroatoms. The summed E-state index contributed by atoms with van der Waals surface area (Å²) in [6, 6.07) is 21.9. The van der Waals surface area contributed by atoms with Gasteiger partial charge in [-0.25, -0.2) is 4.79 Å². The van der Waals surface area contributed by atoms with Gasteiger partial charge in [0.15, 0.2) is 6.61 Å². The number of anilines is 2. The quantitative estimate of drug-likeness (QED) is 0.201. The van der Waals surface area contributed by atoms with Crippen molar-refractivity contribution in [1.29, 1.82) is 0 Å². The number of nitrogens with one attached hydrogen (secondary N) is 1. The number of aromatic nitrogens is 4. The number of nitrogens with zero attached hydrogens (tertiary/aromatic N) is 6. The summed E-state index contributed by atoms with van der Waals surface area (Å²) in [5, 5.41) is 14.5. The molecule has 1 N–H and O–H groups in total. The first-order valence-corrected chi connectivity index (χ1v) is 17.9. The molecular weight excluding hydrogens is 662 g/mol. The van der Waals surface area contributed by atoms with Crippen LogP contribution in [-0.2, 0) is 19.1 Å². The molecule has 0 unspecified atom stereocenters. The third-order valence-corrected chi connectivity index (χ3v) is 9.74. The van der Waals surface area contributed by atoms with Crippen molar-refractivity contribution in [2.45, 2.75) is 64.0 Å². The van der Waals surface area contributed by atoms with Gasteiger partial charge < -0.3 is 28.9 Å². The van der Waals surface area contributed by atoms with Gasteiger partial charge in [0.25, 0.3) is 5.91 Å². The molecule has 3 heterocycles. The smallest absolute Gasteiger partial charge is 0.410 e. The van der Waals surface area contributed by atoms with E-state index in [1.807, 2.05) is 74.2 Å². The van der Waals surface area contributed by atoms with Gasteiger partial charge >= 0.3 is 6.09 Å². The van der Waals surface area contributed by atoms with Crippen LogP contribution in [0.4, 0.5) is 16.2 Å². The van der Waals surface area contributed by atoms with Gasteiger partial charge in [-0.1, -0.05) is 42.5 Å². The van der Waals surface area contributed by atoms with Crippen LogP contribution < -0.4 is 14.5 Å². The van der Waals surface area contributed by atoms with Gasteiger partial charge in [0.05, 0.1) is 11.6 Å². The SMILES string of the molecule is COCCCN1C(=O)COc2ccc(N(C(=O)[C@H]3CN(C(=O)OC(C)(C)C)CC[C@@H]3c3cccc(-c4cccc(-c5nn[nH]n5)c4)c3)C3CC3)cc21. The molecule has 272 valence electrons. The Bertz CT molecular complexity index is 1920. The maximum Gasteiger partial charge on any atom is 0.410 e. The van der Waals surface area contributed by atoms with E-state index in [9.17, 15) is 9.59 Å². The van der Waals surface area contributed by atoms with Gasteiger partial charge in [-0.05, 0) is 98.5 Å². The lowest BCUT2D eigenvalue weighted by molar-refractivity contribution is -0.124. The summed E-state index contributed by atoms with van der Waals surface area (Å²) in [4.78, 5) is 46.8. The number of hydrogen-bond acceptors (Lipinski definition) is 9. The molecule has 0 spiro atoms. The second kappa shape index (κ2) is 14.7. The summed E-state index contributed by atoms with van der Waals surface area (Å²) in [5.41, 5.74) is 4.53. The minimum Gasteiger partial charge on any atom is -0.482 e. The minimum atomic E-state index is -0.671. The molecule has 1 saturated heterocycles. The maximum atomic E-state index is 15.1. The summed E-state index contributed by atoms with van der Waals surface area (Å²) in [5.74, 6) is 0.216. The molecule has 1 aliphatic carbocycles. The zero-order chi connectivity index (χ0) is 36.4. The standard InChI is InChI=1S/C39H45N7O6/c1-39(2,3)52-38(49)44-18-16-31(27-10-5-8-25(20-27)26-9-6-11-28(21-26)36-40-42-43-41-36)32(23-44)37(48)46(29-12-13-29)30-14-15-34-33(22-30)45(17-7-19-50-4)35(47)24-51-34/h5-6,8-11,14-15,20-22,29,31-32H,7,12-13,16-19,23-24H2,1-4H3,(H,40,41,42,43)/t31-,32+/m1/s1. The summed E-state index contributed by atoms with van der Waals surface area (Å²) >= 11 is 0. The molecule has 4 aromatic rings. The average molecular weight is 708 g/mol. The zero-order valence-corrected chi connectivity index (χ0v) is 30.1. The number of piperidine rings is 1. The van der Waals surface area contributed by atoms with Crippen molar-refractivity contribution < 1.29 is 28.6 Å². The summed E-state index contributed by atoms with van der Waals surface area (Å²) in [6.07, 6.45) is 2.57. The fourth-order valence-corrected chi connectivity index (χ4v) is 7.15. The number of amides is 3. The molecule has 1 aromatic heterocycles. The van der Waals surface area contributed by atoms with Crippen LogP contribution in [0.1, 0.15) is 57.9 Å². The summed E-state index contributed by atoms with van der Waals surface area (Å²) < 4.78 is 16.8. The lowest BCUT2D eigenvalue weighted by Crippen LogP contribution is -2.51. The zero-order valence-electron chi connectivity index (χ0n) is 30.1. The van der Waals surface area contributed by atoms with E-state index in [4.69, 9.17) is 14.2 Å².